The van der Waals surface area contributed by atoms with Gasteiger partial charge in [0.1, 0.15) is 13.2 Å². The van der Waals surface area contributed by atoms with Crippen molar-refractivity contribution in [3.8, 4) is 0 Å². The van der Waals surface area contributed by atoms with Crippen molar-refractivity contribution >= 4 is 17.9 Å². The predicted molar refractivity (Wildman–Crippen MR) is 330 cm³/mol. The molecule has 6 nitrogen and oxygen atoms in total. The Hall–Kier alpha value is -2.63. The molecule has 0 heterocycles. The molecular weight excluding hydrogens is 937 g/mol. The lowest BCUT2D eigenvalue weighted by atomic mass is 10.0. The highest BCUT2D eigenvalue weighted by Crippen LogP contribution is 2.17. The molecule has 1 unspecified atom stereocenters. The van der Waals surface area contributed by atoms with Crippen LogP contribution >= 0.6 is 0 Å². The molecule has 0 saturated heterocycles. The summed E-state index contributed by atoms with van der Waals surface area (Å²) in [4.78, 5) is 38.2. The van der Waals surface area contributed by atoms with Crippen molar-refractivity contribution < 1.29 is 28.6 Å². The van der Waals surface area contributed by atoms with E-state index in [1.165, 1.54) is 244 Å². The summed E-state index contributed by atoms with van der Waals surface area (Å²) in [5.41, 5.74) is 0. The molecule has 0 aromatic heterocycles. The highest BCUT2D eigenvalue weighted by atomic mass is 16.6. The van der Waals surface area contributed by atoms with Crippen molar-refractivity contribution in [1.29, 1.82) is 0 Å². The summed E-state index contributed by atoms with van der Waals surface area (Å²) in [6.07, 6.45) is 81.5. The van der Waals surface area contributed by atoms with Crippen molar-refractivity contribution in [3.05, 3.63) is 48.6 Å². The fourth-order valence-corrected chi connectivity index (χ4v) is 9.98. The fourth-order valence-electron chi connectivity index (χ4n) is 9.98. The lowest BCUT2D eigenvalue weighted by Gasteiger charge is -2.18. The molecule has 0 aliphatic rings. The van der Waals surface area contributed by atoms with E-state index in [-0.39, 0.29) is 31.1 Å². The number of ether oxygens (including phenoxy) is 3. The molecule has 0 aromatic carbocycles. The van der Waals surface area contributed by atoms with E-state index in [0.717, 1.165) is 77.0 Å². The maximum absolute atomic E-state index is 12.9. The Morgan fingerprint density at radius 3 is 0.750 bits per heavy atom. The average molecular weight is 1070 g/mol. The molecular formula is C70H128O6. The van der Waals surface area contributed by atoms with Gasteiger partial charge in [-0.05, 0) is 83.5 Å². The minimum absolute atomic E-state index is 0.0724. The highest BCUT2D eigenvalue weighted by Gasteiger charge is 2.19. The Bertz CT molecular complexity index is 1310. The Morgan fingerprint density at radius 2 is 0.474 bits per heavy atom. The van der Waals surface area contributed by atoms with Gasteiger partial charge in [-0.25, -0.2) is 0 Å². The van der Waals surface area contributed by atoms with Crippen molar-refractivity contribution in [2.24, 2.45) is 0 Å². The van der Waals surface area contributed by atoms with E-state index in [4.69, 9.17) is 14.2 Å². The Morgan fingerprint density at radius 1 is 0.263 bits per heavy atom. The largest absolute Gasteiger partial charge is 0.462 e. The van der Waals surface area contributed by atoms with Gasteiger partial charge in [0.05, 0.1) is 0 Å². The first-order valence-corrected chi connectivity index (χ1v) is 33.6. The van der Waals surface area contributed by atoms with Crippen LogP contribution in [-0.2, 0) is 28.6 Å². The normalized spacial score (nSPS) is 12.3. The zero-order valence-corrected chi connectivity index (χ0v) is 51.0. The zero-order chi connectivity index (χ0) is 55.0. The van der Waals surface area contributed by atoms with Crippen molar-refractivity contribution in [2.75, 3.05) is 13.2 Å². The number of esters is 3. The molecule has 0 bridgehead atoms. The van der Waals surface area contributed by atoms with E-state index in [1.807, 2.05) is 0 Å². The van der Waals surface area contributed by atoms with Crippen LogP contribution in [0.15, 0.2) is 48.6 Å². The SMILES string of the molecule is CCCCCCC/C=C\C/C=C\C/C=C\CCCCCCCCCCC(=O)OC(COC(=O)CCCCCCCCCC)COC(=O)CCCCCCCCCCCCCCCCC/C=C\CCCCCCCCCC. The monoisotopic (exact) mass is 1060 g/mol. The number of hydrogen-bond donors (Lipinski definition) is 0. The Balaban J connectivity index is 4.12. The third-order valence-electron chi connectivity index (χ3n) is 15.1. The Kier molecular flexibility index (Phi) is 62.6. The number of unbranched alkanes of at least 4 members (excludes halogenated alkanes) is 43. The summed E-state index contributed by atoms with van der Waals surface area (Å²) in [7, 11) is 0. The lowest BCUT2D eigenvalue weighted by Crippen LogP contribution is -2.30. The number of carbonyl (C=O) groups is 3. The summed E-state index contributed by atoms with van der Waals surface area (Å²) in [5, 5.41) is 0. The number of rotatable bonds is 62. The van der Waals surface area contributed by atoms with Gasteiger partial charge in [-0.2, -0.15) is 0 Å². The van der Waals surface area contributed by atoms with Gasteiger partial charge in [-0.1, -0.05) is 307 Å². The second-order valence-corrected chi connectivity index (χ2v) is 22.7. The third-order valence-corrected chi connectivity index (χ3v) is 15.1. The molecule has 444 valence electrons. The van der Waals surface area contributed by atoms with Crippen molar-refractivity contribution in [2.45, 2.75) is 367 Å². The van der Waals surface area contributed by atoms with E-state index in [1.54, 1.807) is 0 Å². The average Bonchev–Trinajstić information content (AvgIpc) is 3.42. The standard InChI is InChI=1S/C70H128O6/c1-4-7-10-13-16-19-21-23-25-27-29-31-33-34-35-36-38-39-41-43-45-47-49-51-54-57-60-63-69(72)75-66-67(65-74-68(71)62-59-56-53-18-15-12-9-6-3)76-70(73)64-61-58-55-52-50-48-46-44-42-40-37-32-30-28-26-24-22-20-17-14-11-8-5-2/h22,24,27-30,37,40,67H,4-21,23,25-26,31-36,38-39,41-66H2,1-3H3/b24-22-,29-27-,30-28-,40-37-. The van der Waals surface area contributed by atoms with Gasteiger partial charge in [0, 0.05) is 19.3 Å². The second kappa shape index (κ2) is 64.9. The Labute approximate surface area is 473 Å². The molecule has 0 spiro atoms. The van der Waals surface area contributed by atoms with Crippen LogP contribution in [0.25, 0.3) is 0 Å². The molecule has 0 aliphatic heterocycles. The second-order valence-electron chi connectivity index (χ2n) is 22.7. The summed E-state index contributed by atoms with van der Waals surface area (Å²) in [6.45, 7) is 6.64. The van der Waals surface area contributed by atoms with Gasteiger partial charge < -0.3 is 14.2 Å². The first kappa shape index (κ1) is 73.4. The maximum Gasteiger partial charge on any atom is 0.306 e. The van der Waals surface area contributed by atoms with Crippen LogP contribution in [0, 0.1) is 0 Å². The maximum atomic E-state index is 12.9. The molecule has 6 heteroatoms. The van der Waals surface area contributed by atoms with Gasteiger partial charge in [0.2, 0.25) is 0 Å². The summed E-state index contributed by atoms with van der Waals surface area (Å²) < 4.78 is 16.9. The van der Waals surface area contributed by atoms with E-state index in [2.05, 4.69) is 69.4 Å². The highest BCUT2D eigenvalue weighted by molar-refractivity contribution is 5.71. The lowest BCUT2D eigenvalue weighted by molar-refractivity contribution is -0.167. The minimum Gasteiger partial charge on any atom is -0.462 e. The van der Waals surface area contributed by atoms with Gasteiger partial charge in [0.15, 0.2) is 6.10 Å². The zero-order valence-electron chi connectivity index (χ0n) is 51.0. The number of allylic oxidation sites excluding steroid dienone is 8. The van der Waals surface area contributed by atoms with Crippen LogP contribution in [0.4, 0.5) is 0 Å². The topological polar surface area (TPSA) is 78.9 Å². The van der Waals surface area contributed by atoms with E-state index < -0.39 is 6.10 Å². The first-order chi connectivity index (χ1) is 37.5. The smallest absolute Gasteiger partial charge is 0.306 e. The molecule has 0 aromatic rings. The first-order valence-electron chi connectivity index (χ1n) is 33.6. The molecule has 0 radical (unpaired) electrons. The van der Waals surface area contributed by atoms with Crippen molar-refractivity contribution in [1.82, 2.24) is 0 Å². The molecule has 0 rings (SSSR count). The van der Waals surface area contributed by atoms with Gasteiger partial charge in [-0.15, -0.1) is 0 Å². The number of carbonyl (C=O) groups excluding carboxylic acids is 3. The summed E-state index contributed by atoms with van der Waals surface area (Å²) >= 11 is 0. The summed E-state index contributed by atoms with van der Waals surface area (Å²) in [6, 6.07) is 0. The van der Waals surface area contributed by atoms with E-state index in [9.17, 15) is 14.4 Å². The molecule has 0 amide bonds. The molecule has 0 fully saturated rings. The van der Waals surface area contributed by atoms with Gasteiger partial charge in [-0.3, -0.25) is 14.4 Å². The molecule has 0 saturated carbocycles. The summed E-state index contributed by atoms with van der Waals surface area (Å²) in [5.74, 6) is -0.864. The van der Waals surface area contributed by atoms with Crippen LogP contribution in [0.3, 0.4) is 0 Å². The fraction of sp³-hybridized carbons (Fsp3) is 0.843. The molecule has 0 N–H and O–H groups in total. The van der Waals surface area contributed by atoms with Crippen LogP contribution in [0.1, 0.15) is 361 Å². The molecule has 76 heavy (non-hydrogen) atoms. The van der Waals surface area contributed by atoms with Crippen LogP contribution < -0.4 is 0 Å². The third kappa shape index (κ3) is 62.2. The van der Waals surface area contributed by atoms with Gasteiger partial charge in [0.25, 0.3) is 0 Å². The van der Waals surface area contributed by atoms with E-state index in [0.29, 0.717) is 19.3 Å². The van der Waals surface area contributed by atoms with Crippen LogP contribution in [-0.4, -0.2) is 37.2 Å². The quantitative estimate of drug-likeness (QED) is 0.0261. The number of hydrogen-bond acceptors (Lipinski definition) is 6. The molecule has 0 aliphatic carbocycles. The van der Waals surface area contributed by atoms with Crippen LogP contribution in [0.5, 0.6) is 0 Å². The molecule has 1 atom stereocenters. The van der Waals surface area contributed by atoms with E-state index >= 15 is 0 Å². The minimum atomic E-state index is -0.774. The van der Waals surface area contributed by atoms with Crippen molar-refractivity contribution in [3.63, 3.8) is 0 Å². The van der Waals surface area contributed by atoms with Gasteiger partial charge >= 0.3 is 17.9 Å². The van der Waals surface area contributed by atoms with Crippen LogP contribution in [0.2, 0.25) is 0 Å². The predicted octanol–water partition coefficient (Wildman–Crippen LogP) is 22.9.